The topological polar surface area (TPSA) is 61.0 Å². The van der Waals surface area contributed by atoms with Crippen molar-refractivity contribution in [1.82, 2.24) is 9.97 Å². The summed E-state index contributed by atoms with van der Waals surface area (Å²) in [5, 5.41) is 0. The van der Waals surface area contributed by atoms with Gasteiger partial charge in [0.05, 0.1) is 6.20 Å². The summed E-state index contributed by atoms with van der Waals surface area (Å²) in [5.41, 5.74) is 4.86. The van der Waals surface area contributed by atoms with Crippen molar-refractivity contribution in [3.63, 3.8) is 0 Å². The Morgan fingerprint density at radius 2 is 2.21 bits per heavy atom. The van der Waals surface area contributed by atoms with E-state index in [0.29, 0.717) is 0 Å². The summed E-state index contributed by atoms with van der Waals surface area (Å²) in [6.45, 7) is 5.65. The molecule has 0 saturated heterocycles. The molecule has 0 amide bonds. The van der Waals surface area contributed by atoms with E-state index in [4.69, 9.17) is 10.5 Å². The van der Waals surface area contributed by atoms with Crippen molar-refractivity contribution in [1.29, 1.82) is 0 Å². The molecule has 4 nitrogen and oxygen atoms in total. The Balaban J connectivity index is 2.91. The van der Waals surface area contributed by atoms with Crippen molar-refractivity contribution in [3.05, 3.63) is 12.0 Å². The van der Waals surface area contributed by atoms with Crippen molar-refractivity contribution in [3.8, 4) is 5.88 Å². The maximum absolute atomic E-state index is 13.1. The van der Waals surface area contributed by atoms with Crippen molar-refractivity contribution < 1.29 is 9.13 Å². The van der Waals surface area contributed by atoms with Gasteiger partial charge in [0.1, 0.15) is 5.60 Å². The van der Waals surface area contributed by atoms with Gasteiger partial charge in [-0.25, -0.2) is 4.98 Å². The van der Waals surface area contributed by atoms with Crippen LogP contribution in [-0.4, -0.2) is 15.6 Å². The van der Waals surface area contributed by atoms with E-state index in [2.05, 4.69) is 9.97 Å². The highest BCUT2D eigenvalue weighted by Gasteiger charge is 2.20. The fourth-order valence-corrected chi connectivity index (χ4v) is 0.770. The van der Waals surface area contributed by atoms with Crippen LogP contribution in [0.5, 0.6) is 5.88 Å². The van der Waals surface area contributed by atoms with Crippen LogP contribution in [0.3, 0.4) is 0 Å². The molecule has 1 aromatic heterocycles. The number of halogens is 1. The monoisotopic (exact) mass is 199 g/mol. The second-order valence-electron chi connectivity index (χ2n) is 3.60. The highest BCUT2D eigenvalue weighted by molar-refractivity contribution is 5.22. The van der Waals surface area contributed by atoms with Crippen molar-refractivity contribution in [2.75, 3.05) is 5.73 Å². The molecule has 0 unspecified atom stereocenters. The fourth-order valence-electron chi connectivity index (χ4n) is 0.770. The first-order valence-corrected chi connectivity index (χ1v) is 4.41. The van der Waals surface area contributed by atoms with Crippen molar-refractivity contribution >= 4 is 5.95 Å². The Hall–Kier alpha value is -1.39. The Morgan fingerprint density at radius 1 is 1.57 bits per heavy atom. The van der Waals surface area contributed by atoms with Crippen LogP contribution in [-0.2, 0) is 0 Å². The Bertz CT molecular complexity index is 328. The van der Waals surface area contributed by atoms with Gasteiger partial charge in [-0.05, 0) is 20.3 Å². The number of aromatic nitrogens is 2. The number of nitrogen functional groups attached to an aromatic ring is 1. The third-order valence-corrected chi connectivity index (χ3v) is 1.95. The van der Waals surface area contributed by atoms with Gasteiger partial charge in [0, 0.05) is 0 Å². The van der Waals surface area contributed by atoms with Gasteiger partial charge in [0.2, 0.25) is 11.8 Å². The summed E-state index contributed by atoms with van der Waals surface area (Å²) in [4.78, 5) is 7.18. The average molecular weight is 199 g/mol. The van der Waals surface area contributed by atoms with E-state index in [0.717, 1.165) is 12.6 Å². The number of nitrogens with two attached hydrogens (primary N) is 1. The minimum atomic E-state index is -0.597. The molecular formula is C9H14FN3O. The molecule has 0 fully saturated rings. The second-order valence-corrected chi connectivity index (χ2v) is 3.60. The summed E-state index contributed by atoms with van der Waals surface area (Å²) >= 11 is 0. The molecule has 78 valence electrons. The van der Waals surface area contributed by atoms with Gasteiger partial charge in [-0.2, -0.15) is 9.37 Å². The second kappa shape index (κ2) is 3.77. The highest BCUT2D eigenvalue weighted by Crippen LogP contribution is 2.21. The zero-order valence-corrected chi connectivity index (χ0v) is 8.54. The normalized spacial score (nSPS) is 11.4. The molecular weight excluding hydrogens is 185 g/mol. The largest absolute Gasteiger partial charge is 0.469 e. The van der Waals surface area contributed by atoms with Crippen LogP contribution < -0.4 is 10.5 Å². The van der Waals surface area contributed by atoms with E-state index in [9.17, 15) is 4.39 Å². The molecule has 1 rings (SSSR count). The standard InChI is InChI=1S/C9H14FN3O/c1-4-9(2,3)14-7-6(10)5-12-8(11)13-7/h5H,4H2,1-3H3,(H2,11,12,13). The van der Waals surface area contributed by atoms with Gasteiger partial charge in [0.25, 0.3) is 5.88 Å². The van der Waals surface area contributed by atoms with Gasteiger partial charge >= 0.3 is 0 Å². The summed E-state index contributed by atoms with van der Waals surface area (Å²) in [6, 6.07) is 0. The summed E-state index contributed by atoms with van der Waals surface area (Å²) in [6.07, 6.45) is 1.75. The molecule has 0 saturated carbocycles. The maximum Gasteiger partial charge on any atom is 0.255 e. The molecule has 2 N–H and O–H groups in total. The van der Waals surface area contributed by atoms with Crippen LogP contribution in [0.15, 0.2) is 6.20 Å². The smallest absolute Gasteiger partial charge is 0.255 e. The molecule has 0 atom stereocenters. The van der Waals surface area contributed by atoms with E-state index in [-0.39, 0.29) is 11.8 Å². The van der Waals surface area contributed by atoms with E-state index >= 15 is 0 Å². The Kier molecular flexibility index (Phi) is 2.88. The maximum atomic E-state index is 13.1. The zero-order valence-electron chi connectivity index (χ0n) is 8.54. The third-order valence-electron chi connectivity index (χ3n) is 1.95. The number of ether oxygens (including phenoxy) is 1. The lowest BCUT2D eigenvalue weighted by Crippen LogP contribution is -2.28. The van der Waals surface area contributed by atoms with Crippen LogP contribution in [0.2, 0.25) is 0 Å². The van der Waals surface area contributed by atoms with Crippen LogP contribution in [0.4, 0.5) is 10.3 Å². The first-order chi connectivity index (χ1) is 6.44. The molecule has 0 aromatic carbocycles. The van der Waals surface area contributed by atoms with Crippen LogP contribution in [0.25, 0.3) is 0 Å². The van der Waals surface area contributed by atoms with E-state index in [1.807, 2.05) is 20.8 Å². The summed E-state index contributed by atoms with van der Waals surface area (Å²) in [5.74, 6) is -0.682. The van der Waals surface area contributed by atoms with Gasteiger partial charge < -0.3 is 10.5 Å². The van der Waals surface area contributed by atoms with Gasteiger partial charge in [0.15, 0.2) is 0 Å². The molecule has 1 heterocycles. The fraction of sp³-hybridized carbons (Fsp3) is 0.556. The van der Waals surface area contributed by atoms with Crippen LogP contribution in [0, 0.1) is 5.82 Å². The number of hydrogen-bond acceptors (Lipinski definition) is 4. The van der Waals surface area contributed by atoms with Gasteiger partial charge in [-0.3, -0.25) is 0 Å². The molecule has 0 aliphatic rings. The molecule has 0 bridgehead atoms. The zero-order chi connectivity index (χ0) is 10.8. The number of rotatable bonds is 3. The SMILES string of the molecule is CCC(C)(C)Oc1nc(N)ncc1F. The average Bonchev–Trinajstić information content (AvgIpc) is 2.11. The molecule has 14 heavy (non-hydrogen) atoms. The lowest BCUT2D eigenvalue weighted by atomic mass is 10.1. The lowest BCUT2D eigenvalue weighted by molar-refractivity contribution is 0.0929. The molecule has 1 aromatic rings. The first-order valence-electron chi connectivity index (χ1n) is 4.41. The molecule has 0 spiro atoms. The Labute approximate surface area is 82.3 Å². The van der Waals surface area contributed by atoms with Crippen LogP contribution >= 0.6 is 0 Å². The molecule has 5 heteroatoms. The predicted molar refractivity (Wildman–Crippen MR) is 51.4 cm³/mol. The van der Waals surface area contributed by atoms with Crippen molar-refractivity contribution in [2.24, 2.45) is 0 Å². The number of anilines is 1. The minimum Gasteiger partial charge on any atom is -0.469 e. The number of hydrogen-bond donors (Lipinski definition) is 1. The highest BCUT2D eigenvalue weighted by atomic mass is 19.1. The quantitative estimate of drug-likeness (QED) is 0.805. The van der Waals surface area contributed by atoms with E-state index in [1.54, 1.807) is 0 Å². The summed E-state index contributed by atoms with van der Waals surface area (Å²) < 4.78 is 18.5. The third kappa shape index (κ3) is 2.55. The molecule has 0 aliphatic heterocycles. The molecule has 0 radical (unpaired) electrons. The van der Waals surface area contributed by atoms with Crippen molar-refractivity contribution in [2.45, 2.75) is 32.8 Å². The van der Waals surface area contributed by atoms with E-state index in [1.165, 1.54) is 0 Å². The minimum absolute atomic E-state index is 0.00769. The van der Waals surface area contributed by atoms with Gasteiger partial charge in [-0.15, -0.1) is 0 Å². The summed E-state index contributed by atoms with van der Waals surface area (Å²) in [7, 11) is 0. The first kappa shape index (κ1) is 10.7. The van der Waals surface area contributed by atoms with Crippen LogP contribution in [0.1, 0.15) is 27.2 Å². The number of nitrogens with zero attached hydrogens (tertiary/aromatic N) is 2. The predicted octanol–water partition coefficient (Wildman–Crippen LogP) is 1.77. The van der Waals surface area contributed by atoms with E-state index < -0.39 is 11.4 Å². The molecule has 0 aliphatic carbocycles. The lowest BCUT2D eigenvalue weighted by Gasteiger charge is -2.23. The van der Waals surface area contributed by atoms with Gasteiger partial charge in [-0.1, -0.05) is 6.92 Å². The Morgan fingerprint density at radius 3 is 2.79 bits per heavy atom.